The van der Waals surface area contributed by atoms with Crippen LogP contribution in [-0.4, -0.2) is 6.91 Å². The Kier molecular flexibility index (Phi) is 1.37. The van der Waals surface area contributed by atoms with Crippen LogP contribution < -0.4 is 0 Å². The minimum absolute atomic E-state index is 0.799. The normalized spacial score (nSPS) is 8.75. The topological polar surface area (TPSA) is 0 Å². The van der Waals surface area contributed by atoms with Crippen LogP contribution in [0.15, 0.2) is 18.1 Å². The summed E-state index contributed by atoms with van der Waals surface area (Å²) in [5.74, 6) is 0.644. The van der Waals surface area contributed by atoms with Crippen molar-refractivity contribution in [2.24, 2.45) is 0 Å². The Labute approximate surface area is 46.4 Å². The zero-order chi connectivity index (χ0) is 5.98. The van der Waals surface area contributed by atoms with Gasteiger partial charge in [0.25, 0.3) is 0 Å². The zero-order valence-corrected chi connectivity index (χ0v) is 4.07. The Hall–Kier alpha value is -0.725. The Bertz CT molecular complexity index is 167. The second-order valence-electron chi connectivity index (χ2n) is 1.41. The predicted octanol–water partition coefficient (Wildman–Crippen LogP) is 1.30. The summed E-state index contributed by atoms with van der Waals surface area (Å²) < 4.78 is 23.9. The minimum atomic E-state index is -0.799. The molecule has 0 saturated carbocycles. The van der Waals surface area contributed by atoms with Crippen LogP contribution in [0.2, 0.25) is 0 Å². The average Bonchev–Trinajstić information content (AvgIpc) is 1.77. The van der Waals surface area contributed by atoms with Crippen molar-refractivity contribution in [1.82, 2.24) is 0 Å². The van der Waals surface area contributed by atoms with Gasteiger partial charge in [-0.1, -0.05) is 0 Å². The number of hydrogen-bond acceptors (Lipinski definition) is 0. The van der Waals surface area contributed by atoms with Crippen LogP contribution in [0.5, 0.6) is 0 Å². The first-order valence-corrected chi connectivity index (χ1v) is 2.21. The molecule has 0 N–H and O–H groups in total. The first-order chi connectivity index (χ1) is 3.80. The van der Waals surface area contributed by atoms with Gasteiger partial charge in [0.2, 0.25) is 0 Å². The zero-order valence-electron chi connectivity index (χ0n) is 4.07. The Morgan fingerprint density at radius 2 is 2.12 bits per heavy atom. The fraction of sp³-hybridized carbons (Fsp3) is 0. The molecule has 40 valence electrons. The molecule has 0 atom stereocenters. The van der Waals surface area contributed by atoms with E-state index in [9.17, 15) is 8.78 Å². The van der Waals surface area contributed by atoms with Crippen LogP contribution in [0.1, 0.15) is 0 Å². The van der Waals surface area contributed by atoms with Gasteiger partial charge in [-0.3, -0.25) is 0 Å². The summed E-state index contributed by atoms with van der Waals surface area (Å²) >= 11 is 0. The molecule has 0 aliphatic carbocycles. The molecule has 1 heterocycles. The van der Waals surface area contributed by atoms with E-state index in [4.69, 9.17) is 0 Å². The molecular weight excluding hydrogens is 109 g/mol. The van der Waals surface area contributed by atoms with Crippen molar-refractivity contribution in [2.75, 3.05) is 0 Å². The summed E-state index contributed by atoms with van der Waals surface area (Å²) in [7, 11) is 0. The first kappa shape index (κ1) is 5.41. The van der Waals surface area contributed by atoms with Crippen molar-refractivity contribution < 1.29 is 8.78 Å². The third kappa shape index (κ3) is 0.913. The van der Waals surface area contributed by atoms with Crippen molar-refractivity contribution in [1.29, 1.82) is 0 Å². The molecule has 0 unspecified atom stereocenters. The molecule has 0 fully saturated rings. The van der Waals surface area contributed by atoms with Crippen molar-refractivity contribution >= 4 is 6.91 Å². The van der Waals surface area contributed by atoms with Crippen molar-refractivity contribution in [2.45, 2.75) is 0 Å². The summed E-state index contributed by atoms with van der Waals surface area (Å²) in [6, 6.07) is 2.52. The third-order valence-electron chi connectivity index (χ3n) is 0.824. The van der Waals surface area contributed by atoms with E-state index in [1.54, 1.807) is 0 Å². The SMILES string of the molecule is Fc1bcccc1F. The van der Waals surface area contributed by atoms with Crippen LogP contribution in [-0.2, 0) is 0 Å². The van der Waals surface area contributed by atoms with E-state index in [0.29, 0.717) is 0 Å². The molecule has 0 nitrogen and oxygen atoms in total. The summed E-state index contributed by atoms with van der Waals surface area (Å²) in [6.07, 6.45) is 0. The van der Waals surface area contributed by atoms with E-state index in [1.807, 2.05) is 0 Å². The summed E-state index contributed by atoms with van der Waals surface area (Å²) in [5.41, 5.74) is -0.799. The summed E-state index contributed by atoms with van der Waals surface area (Å²) in [6.45, 7) is 1.08. The van der Waals surface area contributed by atoms with E-state index >= 15 is 0 Å². The van der Waals surface area contributed by atoms with E-state index in [1.165, 1.54) is 12.0 Å². The standard InChI is InChI=1S/C5H3BF2/c7-4-2-1-3-6-5(4)8/h1-3H. The molecule has 1 aromatic rings. The molecule has 0 amide bonds. The Balaban J connectivity index is 3.13. The second kappa shape index (κ2) is 2.03. The van der Waals surface area contributed by atoms with Gasteiger partial charge in [0.15, 0.2) is 0 Å². The molecule has 0 aliphatic rings. The first-order valence-electron chi connectivity index (χ1n) is 2.21. The van der Waals surface area contributed by atoms with Gasteiger partial charge in [-0.25, -0.2) is 0 Å². The Morgan fingerprint density at radius 1 is 1.38 bits per heavy atom. The Morgan fingerprint density at radius 3 is 2.50 bits per heavy atom. The maximum absolute atomic E-state index is 11.9. The van der Waals surface area contributed by atoms with Crippen LogP contribution in [0.3, 0.4) is 0 Å². The maximum atomic E-state index is 11.9. The molecular formula is C5H3BF2. The fourth-order valence-electron chi connectivity index (χ4n) is 0.439. The number of rotatable bonds is 0. The fourth-order valence-corrected chi connectivity index (χ4v) is 0.439. The third-order valence-corrected chi connectivity index (χ3v) is 0.824. The summed E-state index contributed by atoms with van der Waals surface area (Å²) in [5, 5.41) is 0. The molecule has 0 spiro atoms. The molecule has 0 radical (unpaired) electrons. The summed E-state index contributed by atoms with van der Waals surface area (Å²) in [4.78, 5) is 0. The molecule has 8 heavy (non-hydrogen) atoms. The van der Waals surface area contributed by atoms with Gasteiger partial charge in [0.1, 0.15) is 0 Å². The number of hydrogen-bond donors (Lipinski definition) is 0. The van der Waals surface area contributed by atoms with E-state index in [-0.39, 0.29) is 0 Å². The van der Waals surface area contributed by atoms with Gasteiger partial charge >= 0.3 is 45.3 Å². The van der Waals surface area contributed by atoms with Gasteiger partial charge in [-0.05, 0) is 0 Å². The van der Waals surface area contributed by atoms with Gasteiger partial charge in [0.05, 0.1) is 0 Å². The second-order valence-corrected chi connectivity index (χ2v) is 1.41. The average molecular weight is 112 g/mol. The van der Waals surface area contributed by atoms with E-state index in [2.05, 4.69) is 0 Å². The molecule has 0 aliphatic heterocycles. The quantitative estimate of drug-likeness (QED) is 0.474. The molecule has 0 saturated heterocycles. The van der Waals surface area contributed by atoms with Crippen molar-refractivity contribution in [3.63, 3.8) is 0 Å². The van der Waals surface area contributed by atoms with Crippen molar-refractivity contribution in [3.8, 4) is 0 Å². The molecule has 1 aromatic heterocycles. The van der Waals surface area contributed by atoms with E-state index < -0.39 is 11.5 Å². The predicted molar refractivity (Wildman–Crippen MR) is 27.7 cm³/mol. The molecule has 0 bridgehead atoms. The van der Waals surface area contributed by atoms with Gasteiger partial charge in [-0.2, -0.15) is 0 Å². The van der Waals surface area contributed by atoms with Gasteiger partial charge in [-0.15, -0.1) is 0 Å². The van der Waals surface area contributed by atoms with Crippen LogP contribution in [0.4, 0.5) is 8.78 Å². The molecule has 0 aromatic carbocycles. The monoisotopic (exact) mass is 112 g/mol. The molecule has 1 rings (SSSR count). The number of halogens is 2. The van der Waals surface area contributed by atoms with Crippen LogP contribution in [0, 0.1) is 11.5 Å². The molecule has 3 heteroatoms. The van der Waals surface area contributed by atoms with Crippen molar-refractivity contribution in [3.05, 3.63) is 29.6 Å². The van der Waals surface area contributed by atoms with Crippen LogP contribution in [0.25, 0.3) is 0 Å². The van der Waals surface area contributed by atoms with E-state index in [0.717, 1.165) is 13.0 Å². The van der Waals surface area contributed by atoms with Gasteiger partial charge < -0.3 is 0 Å². The van der Waals surface area contributed by atoms with Gasteiger partial charge in [0, 0.05) is 0 Å². The van der Waals surface area contributed by atoms with Crippen LogP contribution >= 0.6 is 0 Å².